The minimum Gasteiger partial charge on any atom is -0.390 e. The first-order chi connectivity index (χ1) is 8.50. The van der Waals surface area contributed by atoms with Gasteiger partial charge < -0.3 is 5.11 Å². The first-order valence-corrected chi connectivity index (χ1v) is 7.03. The molecule has 2 rings (SSSR count). The monoisotopic (exact) mass is 270 g/mol. The summed E-state index contributed by atoms with van der Waals surface area (Å²) >= 11 is 5.96. The highest BCUT2D eigenvalue weighted by Crippen LogP contribution is 2.34. The van der Waals surface area contributed by atoms with Gasteiger partial charge in [0, 0.05) is 6.42 Å². The van der Waals surface area contributed by atoms with Crippen molar-refractivity contribution in [3.05, 3.63) is 34.6 Å². The zero-order valence-corrected chi connectivity index (χ0v) is 11.5. The van der Waals surface area contributed by atoms with Crippen molar-refractivity contribution in [3.63, 3.8) is 0 Å². The molecule has 2 atom stereocenters. The van der Waals surface area contributed by atoms with E-state index in [-0.39, 0.29) is 5.02 Å². The maximum absolute atomic E-state index is 13.4. The zero-order valence-electron chi connectivity index (χ0n) is 10.8. The van der Waals surface area contributed by atoms with Crippen molar-refractivity contribution < 1.29 is 9.50 Å². The number of aliphatic hydroxyl groups is 1. The molecular formula is C15H20ClFO. The first-order valence-electron chi connectivity index (χ1n) is 6.65. The van der Waals surface area contributed by atoms with Gasteiger partial charge in [-0.3, -0.25) is 0 Å². The summed E-state index contributed by atoms with van der Waals surface area (Å²) in [6, 6.07) is 4.81. The Morgan fingerprint density at radius 1 is 1.39 bits per heavy atom. The van der Waals surface area contributed by atoms with Crippen LogP contribution in [0.5, 0.6) is 0 Å². The molecule has 3 heteroatoms. The van der Waals surface area contributed by atoms with Crippen molar-refractivity contribution in [2.75, 3.05) is 0 Å². The van der Waals surface area contributed by atoms with E-state index >= 15 is 0 Å². The summed E-state index contributed by atoms with van der Waals surface area (Å²) in [5.41, 5.74) is -0.00364. The molecule has 1 aliphatic carbocycles. The molecule has 1 aromatic rings. The van der Waals surface area contributed by atoms with Crippen LogP contribution in [0.2, 0.25) is 5.02 Å². The average Bonchev–Trinajstić information content (AvgIpc) is 2.48. The molecule has 2 unspecified atom stereocenters. The molecule has 0 saturated heterocycles. The fraction of sp³-hybridized carbons (Fsp3) is 0.600. The van der Waals surface area contributed by atoms with Crippen LogP contribution in [0, 0.1) is 11.7 Å². The molecule has 0 amide bonds. The van der Waals surface area contributed by atoms with E-state index in [1.54, 1.807) is 12.1 Å². The third-order valence-electron chi connectivity index (χ3n) is 3.99. The Labute approximate surface area is 113 Å². The van der Waals surface area contributed by atoms with Crippen molar-refractivity contribution in [1.29, 1.82) is 0 Å². The van der Waals surface area contributed by atoms with E-state index in [0.717, 1.165) is 25.7 Å². The Morgan fingerprint density at radius 2 is 2.17 bits per heavy atom. The van der Waals surface area contributed by atoms with Crippen molar-refractivity contribution in [2.24, 2.45) is 5.92 Å². The molecule has 1 saturated carbocycles. The van der Waals surface area contributed by atoms with Gasteiger partial charge in [-0.05, 0) is 36.8 Å². The first kappa shape index (κ1) is 13.8. The number of halogens is 2. The van der Waals surface area contributed by atoms with E-state index in [1.807, 2.05) is 0 Å². The third-order valence-corrected chi connectivity index (χ3v) is 4.42. The molecule has 1 fully saturated rings. The largest absolute Gasteiger partial charge is 0.390 e. The van der Waals surface area contributed by atoms with Crippen LogP contribution >= 0.6 is 11.6 Å². The lowest BCUT2D eigenvalue weighted by Crippen LogP contribution is -2.30. The smallest absolute Gasteiger partial charge is 0.142 e. The van der Waals surface area contributed by atoms with Crippen molar-refractivity contribution in [3.8, 4) is 0 Å². The van der Waals surface area contributed by atoms with Gasteiger partial charge >= 0.3 is 0 Å². The summed E-state index contributed by atoms with van der Waals surface area (Å²) in [5.74, 6) is 0.266. The van der Waals surface area contributed by atoms with Crippen molar-refractivity contribution in [1.82, 2.24) is 0 Å². The molecule has 100 valence electrons. The minimum atomic E-state index is -0.720. The summed E-state index contributed by atoms with van der Waals surface area (Å²) in [4.78, 5) is 0. The molecule has 1 nitrogen and oxygen atoms in total. The number of hydrogen-bond acceptors (Lipinski definition) is 1. The molecule has 1 N–H and O–H groups in total. The van der Waals surface area contributed by atoms with Crippen LogP contribution in [0.1, 0.15) is 44.6 Å². The Hall–Kier alpha value is -0.600. The lowest BCUT2D eigenvalue weighted by molar-refractivity contribution is 0.0243. The van der Waals surface area contributed by atoms with E-state index in [1.165, 1.54) is 12.5 Å². The second kappa shape index (κ2) is 5.58. The van der Waals surface area contributed by atoms with E-state index < -0.39 is 11.4 Å². The molecule has 0 bridgehead atoms. The predicted molar refractivity (Wildman–Crippen MR) is 72.3 cm³/mol. The molecule has 1 aliphatic rings. The van der Waals surface area contributed by atoms with Gasteiger partial charge in [0.25, 0.3) is 0 Å². The van der Waals surface area contributed by atoms with Gasteiger partial charge in [-0.1, -0.05) is 43.5 Å². The van der Waals surface area contributed by atoms with E-state index in [9.17, 15) is 9.50 Å². The summed E-state index contributed by atoms with van der Waals surface area (Å²) in [5, 5.41) is 10.8. The van der Waals surface area contributed by atoms with Crippen LogP contribution in [0.3, 0.4) is 0 Å². The summed E-state index contributed by atoms with van der Waals surface area (Å²) < 4.78 is 13.4. The SMILES string of the molecule is CC1CCCC(O)(Cc2cccc(F)c2Cl)CC1. The standard InChI is InChI=1S/C15H20ClFO/c1-11-4-3-8-15(18,9-7-11)10-12-5-2-6-13(17)14(12)16/h2,5-6,11,18H,3-4,7-10H2,1H3. The summed E-state index contributed by atoms with van der Waals surface area (Å²) in [6.07, 6.45) is 5.24. The van der Waals surface area contributed by atoms with E-state index in [2.05, 4.69) is 6.92 Å². The summed E-state index contributed by atoms with van der Waals surface area (Å²) in [7, 11) is 0. The lowest BCUT2D eigenvalue weighted by Gasteiger charge is -2.27. The van der Waals surface area contributed by atoms with Gasteiger partial charge in [0.2, 0.25) is 0 Å². The van der Waals surface area contributed by atoms with Crippen LogP contribution in [-0.2, 0) is 6.42 Å². The average molecular weight is 271 g/mol. The normalized spacial score (nSPS) is 29.0. The quantitative estimate of drug-likeness (QED) is 0.792. The number of hydrogen-bond donors (Lipinski definition) is 1. The highest BCUT2D eigenvalue weighted by molar-refractivity contribution is 6.31. The Balaban J connectivity index is 2.14. The predicted octanol–water partition coefficient (Wildman–Crippen LogP) is 4.35. The molecular weight excluding hydrogens is 251 g/mol. The van der Waals surface area contributed by atoms with Crippen LogP contribution in [0.25, 0.3) is 0 Å². The van der Waals surface area contributed by atoms with Gasteiger partial charge in [0.15, 0.2) is 0 Å². The van der Waals surface area contributed by atoms with Crippen LogP contribution < -0.4 is 0 Å². The molecule has 0 radical (unpaired) electrons. The maximum atomic E-state index is 13.4. The van der Waals surface area contributed by atoms with Crippen molar-refractivity contribution in [2.45, 2.75) is 51.0 Å². The fourth-order valence-corrected chi connectivity index (χ4v) is 2.97. The Morgan fingerprint density at radius 3 is 2.94 bits per heavy atom. The minimum absolute atomic E-state index is 0.156. The molecule has 0 spiro atoms. The second-order valence-electron chi connectivity index (χ2n) is 5.65. The number of rotatable bonds is 2. The highest BCUT2D eigenvalue weighted by Gasteiger charge is 2.30. The van der Waals surface area contributed by atoms with E-state index in [4.69, 9.17) is 11.6 Å². The number of benzene rings is 1. The Kier molecular flexibility index (Phi) is 4.29. The van der Waals surface area contributed by atoms with Gasteiger partial charge in [-0.25, -0.2) is 4.39 Å². The molecule has 0 aromatic heterocycles. The molecule has 18 heavy (non-hydrogen) atoms. The van der Waals surface area contributed by atoms with Crippen LogP contribution in [-0.4, -0.2) is 10.7 Å². The van der Waals surface area contributed by atoms with Crippen LogP contribution in [0.15, 0.2) is 18.2 Å². The van der Waals surface area contributed by atoms with Gasteiger partial charge in [-0.2, -0.15) is 0 Å². The molecule has 0 heterocycles. The topological polar surface area (TPSA) is 20.2 Å². The fourth-order valence-electron chi connectivity index (χ4n) is 2.78. The Bertz CT molecular complexity index is 421. The van der Waals surface area contributed by atoms with Gasteiger partial charge in [0.1, 0.15) is 5.82 Å². The third kappa shape index (κ3) is 3.24. The molecule has 1 aromatic carbocycles. The second-order valence-corrected chi connectivity index (χ2v) is 6.03. The van der Waals surface area contributed by atoms with Crippen molar-refractivity contribution >= 4 is 11.6 Å². The van der Waals surface area contributed by atoms with E-state index in [0.29, 0.717) is 17.9 Å². The summed E-state index contributed by atoms with van der Waals surface area (Å²) in [6.45, 7) is 2.22. The maximum Gasteiger partial charge on any atom is 0.142 e. The van der Waals surface area contributed by atoms with Gasteiger partial charge in [-0.15, -0.1) is 0 Å². The van der Waals surface area contributed by atoms with Gasteiger partial charge in [0.05, 0.1) is 10.6 Å². The molecule has 0 aliphatic heterocycles. The lowest BCUT2D eigenvalue weighted by atomic mass is 9.87. The highest BCUT2D eigenvalue weighted by atomic mass is 35.5. The van der Waals surface area contributed by atoms with Crippen LogP contribution in [0.4, 0.5) is 4.39 Å². The zero-order chi connectivity index (χ0) is 13.2.